The maximum atomic E-state index is 12.7. The van der Waals surface area contributed by atoms with E-state index in [0.29, 0.717) is 12.4 Å². The molecule has 0 unspecified atom stereocenters. The number of alkyl halides is 3. The fraction of sp³-hybridized carbons (Fsp3) is 0.462. The van der Waals surface area contributed by atoms with E-state index in [1.165, 1.54) is 6.07 Å². The molecule has 0 aliphatic carbocycles. The molecule has 1 rings (SSSR count). The summed E-state index contributed by atoms with van der Waals surface area (Å²) in [4.78, 5) is 0. The molecule has 106 valence electrons. The SMILES string of the molecule is CCCCCOc1ccc(C(F)(F)F)c(C(=N)N)c1. The maximum Gasteiger partial charge on any atom is 0.417 e. The topological polar surface area (TPSA) is 59.1 Å². The van der Waals surface area contributed by atoms with Crippen LogP contribution in [-0.4, -0.2) is 12.4 Å². The van der Waals surface area contributed by atoms with Crippen LogP contribution < -0.4 is 10.5 Å². The van der Waals surface area contributed by atoms with Gasteiger partial charge in [0.1, 0.15) is 11.6 Å². The molecular weight excluding hydrogens is 257 g/mol. The number of benzene rings is 1. The Morgan fingerprint density at radius 3 is 2.53 bits per heavy atom. The van der Waals surface area contributed by atoms with Gasteiger partial charge in [-0.05, 0) is 24.6 Å². The fourth-order valence-electron chi connectivity index (χ4n) is 1.63. The van der Waals surface area contributed by atoms with Crippen molar-refractivity contribution in [2.75, 3.05) is 6.61 Å². The molecule has 6 heteroatoms. The van der Waals surface area contributed by atoms with Gasteiger partial charge in [-0.3, -0.25) is 5.41 Å². The van der Waals surface area contributed by atoms with E-state index in [1.807, 2.05) is 6.92 Å². The van der Waals surface area contributed by atoms with Crippen LogP contribution in [0.2, 0.25) is 0 Å². The van der Waals surface area contributed by atoms with Gasteiger partial charge in [0, 0.05) is 5.56 Å². The summed E-state index contributed by atoms with van der Waals surface area (Å²) in [5, 5.41) is 7.22. The van der Waals surface area contributed by atoms with Crippen LogP contribution in [0.1, 0.15) is 37.3 Å². The minimum atomic E-state index is -4.53. The third-order valence-electron chi connectivity index (χ3n) is 2.60. The van der Waals surface area contributed by atoms with E-state index in [1.54, 1.807) is 0 Å². The number of ether oxygens (including phenoxy) is 1. The molecule has 0 aliphatic rings. The molecular formula is C13H17F3N2O. The molecule has 0 aliphatic heterocycles. The quantitative estimate of drug-likeness (QED) is 0.473. The first kappa shape index (κ1) is 15.3. The van der Waals surface area contributed by atoms with Crippen LogP contribution in [0.4, 0.5) is 13.2 Å². The second-order valence-corrected chi connectivity index (χ2v) is 4.17. The van der Waals surface area contributed by atoms with Crippen molar-refractivity contribution in [2.24, 2.45) is 5.73 Å². The summed E-state index contributed by atoms with van der Waals surface area (Å²) in [5.41, 5.74) is 3.92. The van der Waals surface area contributed by atoms with E-state index in [9.17, 15) is 13.2 Å². The molecule has 0 radical (unpaired) electrons. The Hall–Kier alpha value is -1.72. The lowest BCUT2D eigenvalue weighted by Crippen LogP contribution is -2.19. The molecule has 0 amide bonds. The fourth-order valence-corrected chi connectivity index (χ4v) is 1.63. The van der Waals surface area contributed by atoms with Crippen LogP contribution in [0.5, 0.6) is 5.75 Å². The number of nitrogens with one attached hydrogen (secondary N) is 1. The van der Waals surface area contributed by atoms with Crippen LogP contribution in [0.15, 0.2) is 18.2 Å². The summed E-state index contributed by atoms with van der Waals surface area (Å²) < 4.78 is 43.4. The minimum Gasteiger partial charge on any atom is -0.494 e. The van der Waals surface area contributed by atoms with Crippen LogP contribution in [0, 0.1) is 5.41 Å². The monoisotopic (exact) mass is 274 g/mol. The number of unbranched alkanes of at least 4 members (excludes halogenated alkanes) is 2. The molecule has 19 heavy (non-hydrogen) atoms. The van der Waals surface area contributed by atoms with Crippen LogP contribution in [0.25, 0.3) is 0 Å². The molecule has 0 saturated heterocycles. The predicted molar refractivity (Wildman–Crippen MR) is 67.5 cm³/mol. The van der Waals surface area contributed by atoms with E-state index < -0.39 is 17.6 Å². The highest BCUT2D eigenvalue weighted by molar-refractivity contribution is 5.97. The Labute approximate surface area is 110 Å². The predicted octanol–water partition coefficient (Wildman–Crippen LogP) is 3.56. The van der Waals surface area contributed by atoms with Gasteiger partial charge in [-0.25, -0.2) is 0 Å². The van der Waals surface area contributed by atoms with Gasteiger partial charge in [0.25, 0.3) is 0 Å². The molecule has 1 aromatic carbocycles. The highest BCUT2D eigenvalue weighted by Crippen LogP contribution is 2.33. The lowest BCUT2D eigenvalue weighted by Gasteiger charge is -2.14. The Morgan fingerprint density at radius 1 is 1.32 bits per heavy atom. The van der Waals surface area contributed by atoms with Crippen molar-refractivity contribution in [2.45, 2.75) is 32.4 Å². The highest BCUT2D eigenvalue weighted by Gasteiger charge is 2.34. The van der Waals surface area contributed by atoms with Gasteiger partial charge in [-0.15, -0.1) is 0 Å². The molecule has 0 saturated carbocycles. The van der Waals surface area contributed by atoms with Crippen molar-refractivity contribution in [1.82, 2.24) is 0 Å². The van der Waals surface area contributed by atoms with Gasteiger partial charge in [0.15, 0.2) is 0 Å². The summed E-state index contributed by atoms with van der Waals surface area (Å²) in [6.07, 6.45) is -1.65. The highest BCUT2D eigenvalue weighted by atomic mass is 19.4. The molecule has 0 spiro atoms. The number of amidine groups is 1. The smallest absolute Gasteiger partial charge is 0.417 e. The van der Waals surface area contributed by atoms with Crippen molar-refractivity contribution in [1.29, 1.82) is 5.41 Å². The number of nitrogen functional groups attached to an aromatic ring is 1. The zero-order valence-corrected chi connectivity index (χ0v) is 10.7. The van der Waals surface area contributed by atoms with E-state index in [-0.39, 0.29) is 5.56 Å². The molecule has 3 nitrogen and oxygen atoms in total. The standard InChI is InChI=1S/C13H17F3N2O/c1-2-3-4-7-19-9-5-6-11(13(14,15)16)10(8-9)12(17)18/h5-6,8H,2-4,7H2,1H3,(H3,17,18). The van der Waals surface area contributed by atoms with Crippen molar-refractivity contribution >= 4 is 5.84 Å². The largest absolute Gasteiger partial charge is 0.494 e. The molecule has 0 atom stereocenters. The van der Waals surface area contributed by atoms with Crippen LogP contribution >= 0.6 is 0 Å². The zero-order valence-electron chi connectivity index (χ0n) is 10.7. The Bertz CT molecular complexity index is 444. The molecule has 1 aromatic rings. The van der Waals surface area contributed by atoms with E-state index in [0.717, 1.165) is 31.4 Å². The normalized spacial score (nSPS) is 11.4. The summed E-state index contributed by atoms with van der Waals surface area (Å²) in [7, 11) is 0. The Morgan fingerprint density at radius 2 is 2.00 bits per heavy atom. The van der Waals surface area contributed by atoms with Gasteiger partial charge in [-0.2, -0.15) is 13.2 Å². The number of rotatable bonds is 6. The number of hydrogen-bond donors (Lipinski definition) is 2. The first-order chi connectivity index (χ1) is 8.86. The van der Waals surface area contributed by atoms with Crippen LogP contribution in [0.3, 0.4) is 0 Å². The first-order valence-corrected chi connectivity index (χ1v) is 6.04. The third-order valence-corrected chi connectivity index (χ3v) is 2.60. The van der Waals surface area contributed by atoms with Gasteiger partial charge >= 0.3 is 6.18 Å². The zero-order chi connectivity index (χ0) is 14.5. The molecule has 3 N–H and O–H groups in total. The average Bonchev–Trinajstić information content (AvgIpc) is 2.33. The van der Waals surface area contributed by atoms with Crippen molar-refractivity contribution < 1.29 is 17.9 Å². The average molecular weight is 274 g/mol. The third kappa shape index (κ3) is 4.46. The molecule has 0 fully saturated rings. The number of hydrogen-bond acceptors (Lipinski definition) is 2. The molecule has 0 heterocycles. The lowest BCUT2D eigenvalue weighted by molar-refractivity contribution is -0.137. The summed E-state index contributed by atoms with van der Waals surface area (Å²) >= 11 is 0. The minimum absolute atomic E-state index is 0.300. The van der Waals surface area contributed by atoms with E-state index in [4.69, 9.17) is 15.9 Å². The summed E-state index contributed by atoms with van der Waals surface area (Å²) in [6.45, 7) is 2.49. The van der Waals surface area contributed by atoms with Crippen molar-refractivity contribution in [3.63, 3.8) is 0 Å². The number of halogens is 3. The number of nitrogens with two attached hydrogens (primary N) is 1. The van der Waals surface area contributed by atoms with Gasteiger partial charge < -0.3 is 10.5 Å². The van der Waals surface area contributed by atoms with E-state index in [2.05, 4.69) is 0 Å². The van der Waals surface area contributed by atoms with Gasteiger partial charge in [-0.1, -0.05) is 19.8 Å². The summed E-state index contributed by atoms with van der Waals surface area (Å²) in [6, 6.07) is 3.31. The second kappa shape index (κ2) is 6.45. The Kier molecular flexibility index (Phi) is 5.20. The first-order valence-electron chi connectivity index (χ1n) is 6.04. The van der Waals surface area contributed by atoms with Crippen LogP contribution in [-0.2, 0) is 6.18 Å². The van der Waals surface area contributed by atoms with Gasteiger partial charge in [0.05, 0.1) is 12.2 Å². The van der Waals surface area contributed by atoms with Crippen molar-refractivity contribution in [3.8, 4) is 5.75 Å². The van der Waals surface area contributed by atoms with Gasteiger partial charge in [0.2, 0.25) is 0 Å². The molecule has 0 aromatic heterocycles. The second-order valence-electron chi connectivity index (χ2n) is 4.17. The maximum absolute atomic E-state index is 12.7. The lowest BCUT2D eigenvalue weighted by atomic mass is 10.1. The summed E-state index contributed by atoms with van der Waals surface area (Å²) in [5.74, 6) is -0.319. The van der Waals surface area contributed by atoms with Crippen molar-refractivity contribution in [3.05, 3.63) is 29.3 Å². The molecule has 0 bridgehead atoms. The van der Waals surface area contributed by atoms with E-state index >= 15 is 0 Å². The Balaban J connectivity index is 2.88.